The Morgan fingerprint density at radius 3 is 1.97 bits per heavy atom. The Morgan fingerprint density at radius 2 is 1.24 bits per heavy atom. The second-order valence-corrected chi connectivity index (χ2v) is 8.96. The summed E-state index contributed by atoms with van der Waals surface area (Å²) in [7, 11) is 0. The molecule has 6 N–H and O–H groups in total. The molecule has 1 aliphatic rings. The molecule has 6 heteroatoms. The highest BCUT2D eigenvalue weighted by molar-refractivity contribution is 5.89. The fourth-order valence-corrected chi connectivity index (χ4v) is 4.19. The first-order valence-electron chi connectivity index (χ1n) is 12.9. The van der Waals surface area contributed by atoms with Crippen molar-refractivity contribution in [1.82, 2.24) is 21.3 Å². The normalized spacial score (nSPS) is 13.8. The number of benzene rings is 2. The average Bonchev–Trinajstić information content (AvgIpc) is 2.86. The van der Waals surface area contributed by atoms with E-state index in [-0.39, 0.29) is 0 Å². The smallest absolute Gasteiger partial charge is 0.127 e. The lowest BCUT2D eigenvalue weighted by molar-refractivity contribution is 0.412. The van der Waals surface area contributed by atoms with E-state index in [1.54, 1.807) is 0 Å². The van der Waals surface area contributed by atoms with Crippen LogP contribution in [0.1, 0.15) is 44.1 Å². The third-order valence-corrected chi connectivity index (χ3v) is 6.21. The van der Waals surface area contributed by atoms with Crippen molar-refractivity contribution >= 4 is 10.8 Å². The first kappa shape index (κ1) is 26.2. The van der Waals surface area contributed by atoms with Gasteiger partial charge in [0, 0.05) is 29.6 Å². The largest absolute Gasteiger partial charge is 0.508 e. The zero-order chi connectivity index (χ0) is 23.8. The van der Waals surface area contributed by atoms with Gasteiger partial charge >= 0.3 is 0 Å². The zero-order valence-corrected chi connectivity index (χ0v) is 20.4. The molecule has 1 aliphatic carbocycles. The quantitative estimate of drug-likeness (QED) is 0.197. The SMILES string of the molecule is OC1=CCCC=C1CNCCCNCCCCNCCCNCc1ccc2ccccc2c1O. The van der Waals surface area contributed by atoms with Gasteiger partial charge in [-0.15, -0.1) is 0 Å². The van der Waals surface area contributed by atoms with Crippen LogP contribution in [0.3, 0.4) is 0 Å². The summed E-state index contributed by atoms with van der Waals surface area (Å²) in [6.07, 6.45) is 10.6. The summed E-state index contributed by atoms with van der Waals surface area (Å²) in [5, 5.41) is 36.1. The second kappa shape index (κ2) is 15.5. The van der Waals surface area contributed by atoms with Crippen molar-refractivity contribution in [3.05, 3.63) is 65.4 Å². The van der Waals surface area contributed by atoms with Crippen LogP contribution in [0.15, 0.2) is 59.9 Å². The Morgan fingerprint density at radius 1 is 0.618 bits per heavy atom. The standard InChI is InChI=1S/C28H42N4O2/c33-27-12-4-2-10-24(27)21-31-19-7-17-29-15-5-6-16-30-18-8-20-32-22-25-14-13-23-9-1-3-11-26(23)28(25)34/h1,3,9-14,29-34H,2,4-8,15-22H2. The van der Waals surface area contributed by atoms with Crippen LogP contribution in [0.2, 0.25) is 0 Å². The zero-order valence-electron chi connectivity index (χ0n) is 20.4. The van der Waals surface area contributed by atoms with Gasteiger partial charge in [-0.1, -0.05) is 42.5 Å². The predicted molar refractivity (Wildman–Crippen MR) is 142 cm³/mol. The summed E-state index contributed by atoms with van der Waals surface area (Å²) in [4.78, 5) is 0. The molecule has 0 radical (unpaired) electrons. The summed E-state index contributed by atoms with van der Waals surface area (Å²) in [5.41, 5.74) is 1.99. The molecule has 3 rings (SSSR count). The maximum Gasteiger partial charge on any atom is 0.127 e. The summed E-state index contributed by atoms with van der Waals surface area (Å²) >= 11 is 0. The molecule has 0 atom stereocenters. The molecule has 2 aromatic rings. The van der Waals surface area contributed by atoms with Crippen LogP contribution in [0, 0.1) is 0 Å². The summed E-state index contributed by atoms with van der Waals surface area (Å²) in [6.45, 7) is 7.51. The minimum Gasteiger partial charge on any atom is -0.508 e. The predicted octanol–water partition coefficient (Wildman–Crippen LogP) is 4.13. The van der Waals surface area contributed by atoms with Crippen LogP contribution in [0.4, 0.5) is 0 Å². The molecule has 186 valence electrons. The Labute approximate surface area is 204 Å². The monoisotopic (exact) mass is 466 g/mol. The third kappa shape index (κ3) is 9.11. The lowest BCUT2D eigenvalue weighted by atomic mass is 10.1. The lowest BCUT2D eigenvalue weighted by Crippen LogP contribution is -2.25. The van der Waals surface area contributed by atoms with E-state index in [1.165, 1.54) is 12.8 Å². The van der Waals surface area contributed by atoms with Crippen molar-refractivity contribution < 1.29 is 10.2 Å². The number of rotatable bonds is 17. The van der Waals surface area contributed by atoms with Crippen molar-refractivity contribution in [2.24, 2.45) is 0 Å². The maximum absolute atomic E-state index is 10.4. The number of hydrogen-bond acceptors (Lipinski definition) is 6. The number of allylic oxidation sites excluding steroid dienone is 2. The van der Waals surface area contributed by atoms with Gasteiger partial charge in [0.2, 0.25) is 0 Å². The average molecular weight is 467 g/mol. The minimum absolute atomic E-state index is 0.392. The molecule has 0 amide bonds. The van der Waals surface area contributed by atoms with Gasteiger partial charge in [0.25, 0.3) is 0 Å². The van der Waals surface area contributed by atoms with Gasteiger partial charge in [-0.25, -0.2) is 0 Å². The number of aromatic hydroxyl groups is 1. The molecule has 0 heterocycles. The highest BCUT2D eigenvalue weighted by Gasteiger charge is 2.06. The molecule has 0 aromatic heterocycles. The maximum atomic E-state index is 10.4. The Kier molecular flexibility index (Phi) is 12.0. The molecular formula is C28H42N4O2. The van der Waals surface area contributed by atoms with E-state index in [1.807, 2.05) is 36.4 Å². The fourth-order valence-electron chi connectivity index (χ4n) is 4.19. The molecule has 0 fully saturated rings. The van der Waals surface area contributed by atoms with Crippen LogP contribution in [-0.4, -0.2) is 56.0 Å². The minimum atomic E-state index is 0.392. The van der Waals surface area contributed by atoms with Gasteiger partial charge in [-0.2, -0.15) is 0 Å². The number of fused-ring (bicyclic) bond motifs is 1. The van der Waals surface area contributed by atoms with Crippen LogP contribution in [0.25, 0.3) is 10.8 Å². The molecule has 34 heavy (non-hydrogen) atoms. The van der Waals surface area contributed by atoms with Gasteiger partial charge in [0.1, 0.15) is 11.5 Å². The molecule has 0 saturated heterocycles. The summed E-state index contributed by atoms with van der Waals surface area (Å²) < 4.78 is 0. The lowest BCUT2D eigenvalue weighted by Gasteiger charge is -2.12. The number of hydrogen-bond donors (Lipinski definition) is 6. The van der Waals surface area contributed by atoms with E-state index in [0.29, 0.717) is 18.1 Å². The summed E-state index contributed by atoms with van der Waals surface area (Å²) in [6, 6.07) is 12.0. The van der Waals surface area contributed by atoms with Crippen LogP contribution in [-0.2, 0) is 6.54 Å². The van der Waals surface area contributed by atoms with Gasteiger partial charge in [-0.3, -0.25) is 0 Å². The molecule has 0 unspecified atom stereocenters. The molecule has 0 aliphatic heterocycles. The van der Waals surface area contributed by atoms with Gasteiger partial charge in [0.15, 0.2) is 0 Å². The Bertz CT molecular complexity index is 926. The van der Waals surface area contributed by atoms with Crippen LogP contribution < -0.4 is 21.3 Å². The molecule has 6 nitrogen and oxygen atoms in total. The first-order chi connectivity index (χ1) is 16.8. The molecule has 0 spiro atoms. The van der Waals surface area contributed by atoms with Gasteiger partial charge in [0.05, 0.1) is 0 Å². The number of phenols is 1. The number of nitrogens with one attached hydrogen (secondary N) is 4. The Balaban J connectivity index is 1.08. The van der Waals surface area contributed by atoms with Crippen molar-refractivity contribution in [1.29, 1.82) is 0 Å². The van der Waals surface area contributed by atoms with E-state index in [4.69, 9.17) is 0 Å². The molecule has 0 saturated carbocycles. The molecular weight excluding hydrogens is 424 g/mol. The fraction of sp³-hybridized carbons (Fsp3) is 0.500. The van der Waals surface area contributed by atoms with Crippen molar-refractivity contribution in [3.63, 3.8) is 0 Å². The van der Waals surface area contributed by atoms with Crippen molar-refractivity contribution in [2.75, 3.05) is 45.8 Å². The highest BCUT2D eigenvalue weighted by atomic mass is 16.3. The highest BCUT2D eigenvalue weighted by Crippen LogP contribution is 2.28. The van der Waals surface area contributed by atoms with Crippen molar-refractivity contribution in [3.8, 4) is 5.75 Å². The van der Waals surface area contributed by atoms with E-state index in [0.717, 1.165) is 93.4 Å². The van der Waals surface area contributed by atoms with Crippen molar-refractivity contribution in [2.45, 2.75) is 45.1 Å². The first-order valence-corrected chi connectivity index (χ1v) is 12.9. The second-order valence-electron chi connectivity index (χ2n) is 8.96. The van der Waals surface area contributed by atoms with Crippen LogP contribution >= 0.6 is 0 Å². The number of phenolic OH excluding ortho intramolecular Hbond substituents is 1. The number of unbranched alkanes of at least 4 members (excludes halogenated alkanes) is 1. The number of aliphatic hydroxyl groups excluding tert-OH is 1. The van der Waals surface area contributed by atoms with E-state index < -0.39 is 0 Å². The van der Waals surface area contributed by atoms with Gasteiger partial charge in [-0.05, 0) is 89.3 Å². The Hall–Kier alpha value is -2.38. The molecule has 0 bridgehead atoms. The van der Waals surface area contributed by atoms with E-state index in [2.05, 4.69) is 33.4 Å². The number of aliphatic hydroxyl groups is 1. The topological polar surface area (TPSA) is 88.6 Å². The van der Waals surface area contributed by atoms with Crippen LogP contribution in [0.5, 0.6) is 5.75 Å². The van der Waals surface area contributed by atoms with E-state index in [9.17, 15) is 10.2 Å². The molecule has 2 aromatic carbocycles. The van der Waals surface area contributed by atoms with Gasteiger partial charge < -0.3 is 31.5 Å². The van der Waals surface area contributed by atoms with E-state index >= 15 is 0 Å². The summed E-state index contributed by atoms with van der Waals surface area (Å²) in [5.74, 6) is 0.839. The third-order valence-electron chi connectivity index (χ3n) is 6.21.